The van der Waals surface area contributed by atoms with E-state index in [1.165, 1.54) is 6.07 Å². The summed E-state index contributed by atoms with van der Waals surface area (Å²) in [6, 6.07) is 12.1. The topological polar surface area (TPSA) is 35.2 Å². The molecule has 2 N–H and O–H groups in total. The van der Waals surface area contributed by atoms with E-state index in [1.807, 2.05) is 18.2 Å². The molecule has 2 rings (SSSR count). The van der Waals surface area contributed by atoms with Crippen LogP contribution in [0.1, 0.15) is 0 Å². The summed E-state index contributed by atoms with van der Waals surface area (Å²) >= 11 is 4.95. The number of nitrogens with two attached hydrogens (primary N) is 1. The predicted molar refractivity (Wildman–Crippen MR) is 81.2 cm³/mol. The van der Waals surface area contributed by atoms with Crippen molar-refractivity contribution in [2.75, 3.05) is 18.1 Å². The van der Waals surface area contributed by atoms with Crippen LogP contribution in [0, 0.1) is 5.82 Å². The molecular weight excluding hydrogens is 329 g/mol. The summed E-state index contributed by atoms with van der Waals surface area (Å²) in [4.78, 5) is 1.00. The number of benzene rings is 2. The fourth-order valence-electron chi connectivity index (χ4n) is 1.52. The molecule has 0 unspecified atom stereocenters. The number of ether oxygens (including phenoxy) is 1. The van der Waals surface area contributed by atoms with Crippen molar-refractivity contribution in [1.82, 2.24) is 0 Å². The van der Waals surface area contributed by atoms with Crippen LogP contribution in [0.25, 0.3) is 0 Å². The van der Waals surface area contributed by atoms with Gasteiger partial charge in [-0.25, -0.2) is 4.39 Å². The summed E-state index contributed by atoms with van der Waals surface area (Å²) in [5, 5.41) is 0. The number of anilines is 1. The molecular formula is C14H13BrFNOS. The zero-order chi connectivity index (χ0) is 13.7. The van der Waals surface area contributed by atoms with E-state index in [4.69, 9.17) is 10.5 Å². The Hall–Kier alpha value is -1.20. The highest BCUT2D eigenvalue weighted by atomic mass is 79.9. The number of hydrogen-bond acceptors (Lipinski definition) is 3. The van der Waals surface area contributed by atoms with Gasteiger partial charge in [0, 0.05) is 20.8 Å². The molecule has 0 heterocycles. The Bertz CT molecular complexity index is 565. The van der Waals surface area contributed by atoms with Gasteiger partial charge in [0.1, 0.15) is 0 Å². The number of para-hydroxylation sites is 1. The molecule has 0 spiro atoms. The van der Waals surface area contributed by atoms with Gasteiger partial charge in [0.2, 0.25) is 0 Å². The zero-order valence-electron chi connectivity index (χ0n) is 10.1. The lowest BCUT2D eigenvalue weighted by Crippen LogP contribution is -2.02. The highest BCUT2D eigenvalue weighted by Gasteiger charge is 2.03. The van der Waals surface area contributed by atoms with E-state index < -0.39 is 0 Å². The first kappa shape index (κ1) is 14.2. The molecule has 0 aliphatic carbocycles. The molecule has 0 fully saturated rings. The summed E-state index contributed by atoms with van der Waals surface area (Å²) in [5.41, 5.74) is 6.61. The van der Waals surface area contributed by atoms with Crippen molar-refractivity contribution in [2.45, 2.75) is 4.90 Å². The Morgan fingerprint density at radius 2 is 2.00 bits per heavy atom. The summed E-state index contributed by atoms with van der Waals surface area (Å²) in [5.74, 6) is 0.655. The first-order valence-electron chi connectivity index (χ1n) is 5.72. The summed E-state index contributed by atoms with van der Waals surface area (Å²) in [7, 11) is 0. The van der Waals surface area contributed by atoms with Crippen molar-refractivity contribution in [3.8, 4) is 5.75 Å². The fourth-order valence-corrected chi connectivity index (χ4v) is 2.67. The van der Waals surface area contributed by atoms with Crippen LogP contribution in [0.4, 0.5) is 10.1 Å². The number of nitrogen functional groups attached to an aromatic ring is 1. The average Bonchev–Trinajstić information content (AvgIpc) is 2.38. The largest absolute Gasteiger partial charge is 0.490 e. The number of rotatable bonds is 5. The molecule has 19 heavy (non-hydrogen) atoms. The molecule has 0 saturated heterocycles. The maximum Gasteiger partial charge on any atom is 0.165 e. The minimum atomic E-state index is -0.337. The normalized spacial score (nSPS) is 10.4. The fraction of sp³-hybridized carbons (Fsp3) is 0.143. The van der Waals surface area contributed by atoms with Gasteiger partial charge in [0.15, 0.2) is 11.6 Å². The first-order chi connectivity index (χ1) is 9.16. The highest BCUT2D eigenvalue weighted by Crippen LogP contribution is 2.27. The monoisotopic (exact) mass is 341 g/mol. The van der Waals surface area contributed by atoms with Gasteiger partial charge in [-0.15, -0.1) is 11.8 Å². The van der Waals surface area contributed by atoms with E-state index in [0.717, 1.165) is 15.1 Å². The van der Waals surface area contributed by atoms with E-state index in [1.54, 1.807) is 30.0 Å². The van der Waals surface area contributed by atoms with Crippen LogP contribution in [0.3, 0.4) is 0 Å². The lowest BCUT2D eigenvalue weighted by Gasteiger charge is -2.08. The Morgan fingerprint density at radius 3 is 2.74 bits per heavy atom. The van der Waals surface area contributed by atoms with Crippen LogP contribution in [0.2, 0.25) is 0 Å². The van der Waals surface area contributed by atoms with Crippen LogP contribution in [0.5, 0.6) is 5.75 Å². The maximum atomic E-state index is 13.3. The number of hydrogen-bond donors (Lipinski definition) is 1. The molecule has 2 aromatic rings. The number of thioether (sulfide) groups is 1. The van der Waals surface area contributed by atoms with Gasteiger partial charge in [-0.2, -0.15) is 0 Å². The van der Waals surface area contributed by atoms with E-state index in [0.29, 0.717) is 12.4 Å². The van der Waals surface area contributed by atoms with Crippen LogP contribution >= 0.6 is 27.7 Å². The Kier molecular flexibility index (Phi) is 5.10. The van der Waals surface area contributed by atoms with Gasteiger partial charge in [0.05, 0.1) is 6.61 Å². The Morgan fingerprint density at radius 1 is 1.21 bits per heavy atom. The van der Waals surface area contributed by atoms with Gasteiger partial charge in [0.25, 0.3) is 0 Å². The second kappa shape index (κ2) is 6.82. The van der Waals surface area contributed by atoms with E-state index in [9.17, 15) is 4.39 Å². The molecule has 0 aliphatic heterocycles. The van der Waals surface area contributed by atoms with Crippen LogP contribution in [0.15, 0.2) is 51.8 Å². The van der Waals surface area contributed by atoms with E-state index >= 15 is 0 Å². The third-order valence-corrected chi connectivity index (χ3v) is 3.95. The minimum absolute atomic E-state index is 0.284. The van der Waals surface area contributed by atoms with Crippen molar-refractivity contribution >= 4 is 33.4 Å². The molecule has 0 amide bonds. The summed E-state index contributed by atoms with van der Waals surface area (Å²) in [6.45, 7) is 0.432. The van der Waals surface area contributed by atoms with Crippen molar-refractivity contribution in [3.05, 3.63) is 52.8 Å². The standard InChI is InChI=1S/C14H13BrFNOS/c15-10-5-6-14(12(17)9-10)19-8-7-18-13-4-2-1-3-11(13)16/h1-6,9H,7-8,17H2. The molecule has 5 heteroatoms. The summed E-state index contributed by atoms with van der Waals surface area (Å²) < 4.78 is 19.6. The number of halogens is 2. The van der Waals surface area contributed by atoms with Gasteiger partial charge in [-0.05, 0) is 30.3 Å². The van der Waals surface area contributed by atoms with Crippen LogP contribution in [-0.2, 0) is 0 Å². The molecule has 2 nitrogen and oxygen atoms in total. The van der Waals surface area contributed by atoms with E-state index in [2.05, 4.69) is 15.9 Å². The minimum Gasteiger partial charge on any atom is -0.490 e. The maximum absolute atomic E-state index is 13.3. The quantitative estimate of drug-likeness (QED) is 0.499. The first-order valence-corrected chi connectivity index (χ1v) is 7.50. The van der Waals surface area contributed by atoms with Crippen molar-refractivity contribution in [1.29, 1.82) is 0 Å². The van der Waals surface area contributed by atoms with E-state index in [-0.39, 0.29) is 11.6 Å². The Balaban J connectivity index is 1.83. The summed E-state index contributed by atoms with van der Waals surface area (Å²) in [6.07, 6.45) is 0. The lowest BCUT2D eigenvalue weighted by molar-refractivity contribution is 0.325. The molecule has 0 radical (unpaired) electrons. The molecule has 2 aromatic carbocycles. The average molecular weight is 342 g/mol. The van der Waals surface area contributed by atoms with Gasteiger partial charge in [-0.3, -0.25) is 0 Å². The molecule has 0 saturated carbocycles. The molecule has 0 bridgehead atoms. The van der Waals surface area contributed by atoms with Gasteiger partial charge in [-0.1, -0.05) is 28.1 Å². The Labute approximate surface area is 124 Å². The SMILES string of the molecule is Nc1cc(Br)ccc1SCCOc1ccccc1F. The van der Waals surface area contributed by atoms with Gasteiger partial charge < -0.3 is 10.5 Å². The zero-order valence-corrected chi connectivity index (χ0v) is 12.5. The molecule has 0 aromatic heterocycles. The third kappa shape index (κ3) is 4.14. The van der Waals surface area contributed by atoms with Crippen LogP contribution in [-0.4, -0.2) is 12.4 Å². The third-order valence-electron chi connectivity index (χ3n) is 2.41. The second-order valence-corrected chi connectivity index (χ2v) is 5.86. The second-order valence-electron chi connectivity index (χ2n) is 3.81. The predicted octanol–water partition coefficient (Wildman–Crippen LogP) is 4.34. The van der Waals surface area contributed by atoms with Crippen molar-refractivity contribution in [2.24, 2.45) is 0 Å². The molecule has 0 atom stereocenters. The highest BCUT2D eigenvalue weighted by molar-refractivity contribution is 9.10. The lowest BCUT2D eigenvalue weighted by atomic mass is 10.3. The van der Waals surface area contributed by atoms with Crippen molar-refractivity contribution in [3.63, 3.8) is 0 Å². The molecule has 0 aliphatic rings. The molecule has 100 valence electrons. The van der Waals surface area contributed by atoms with Crippen LogP contribution < -0.4 is 10.5 Å². The smallest absolute Gasteiger partial charge is 0.165 e. The van der Waals surface area contributed by atoms with Crippen molar-refractivity contribution < 1.29 is 9.13 Å². The van der Waals surface area contributed by atoms with Gasteiger partial charge >= 0.3 is 0 Å².